The van der Waals surface area contributed by atoms with Gasteiger partial charge >= 0.3 is 11.9 Å². The standard InChI is InChI=1S/C16H18N2O6.C15H10N2O6.C14H8N2O4.C10H8N2O5/c19-11-1-2-12(20)17(11)9-10-5-7-16(8-6-10,15(23)24)18-13(21)3-4-14(18)22;18-10-4-5-11(19)16(10)9-3-1-2-8(15(22)23)14(9)17-12(20)6-7-13(17)21;17-11-5-6-12(18)15(11)9-3-1-2-4-10(9)16-13(19)7-8-14(16)20;13-7-1-2-8(14)11(7)5-17-6-12-9(15)3-4-10(12)16/h1-2,10H,3-9H2,(H,23,24);1-5H,6-7H2,(H,22,23);1-8H;1-4H,5-6H2. The number of likely N-dealkylation sites (tertiary alicyclic amines) is 1. The molecule has 29 nitrogen and oxygen atoms in total. The predicted octanol–water partition coefficient (Wildman–Crippen LogP) is -0.145. The van der Waals surface area contributed by atoms with E-state index in [-0.39, 0.29) is 105 Å². The zero-order valence-corrected chi connectivity index (χ0v) is 43.6. The molecule has 2 aromatic rings. The van der Waals surface area contributed by atoms with Gasteiger partial charge in [0.2, 0.25) is 23.6 Å². The van der Waals surface area contributed by atoms with Crippen molar-refractivity contribution in [3.63, 3.8) is 0 Å². The molecule has 11 rings (SSSR count). The summed E-state index contributed by atoms with van der Waals surface area (Å²) in [6.45, 7) is -0.342. The zero-order valence-electron chi connectivity index (χ0n) is 43.6. The van der Waals surface area contributed by atoms with Crippen LogP contribution in [-0.4, -0.2) is 162 Å². The van der Waals surface area contributed by atoms with Crippen molar-refractivity contribution in [3.05, 3.63) is 121 Å². The van der Waals surface area contributed by atoms with Gasteiger partial charge in [-0.05, 0) is 55.9 Å². The number of rotatable bonds is 13. The van der Waals surface area contributed by atoms with Gasteiger partial charge in [0.05, 0.1) is 28.3 Å². The molecule has 8 heterocycles. The van der Waals surface area contributed by atoms with E-state index in [1.807, 2.05) is 0 Å². The smallest absolute Gasteiger partial charge is 0.337 e. The van der Waals surface area contributed by atoms with Crippen molar-refractivity contribution in [1.82, 2.24) is 19.6 Å². The minimum Gasteiger partial charge on any atom is -0.479 e. The normalized spacial score (nSPS) is 21.6. The van der Waals surface area contributed by atoms with Gasteiger partial charge in [-0.3, -0.25) is 96.3 Å². The molecule has 29 heteroatoms. The lowest BCUT2D eigenvalue weighted by Crippen LogP contribution is -2.59. The van der Waals surface area contributed by atoms with Crippen LogP contribution in [0.15, 0.2) is 115 Å². The van der Waals surface area contributed by atoms with Crippen LogP contribution in [0.1, 0.15) is 61.7 Å². The Kier molecular flexibility index (Phi) is 17.1. The maximum absolute atomic E-state index is 12.0. The van der Waals surface area contributed by atoms with Gasteiger partial charge in [-0.25, -0.2) is 29.2 Å². The van der Waals surface area contributed by atoms with Gasteiger partial charge < -0.3 is 14.9 Å². The fourth-order valence-corrected chi connectivity index (χ4v) is 9.83. The Labute approximate surface area is 472 Å². The summed E-state index contributed by atoms with van der Waals surface area (Å²) in [7, 11) is 0. The number of carboxylic acid groups (broad SMARTS) is 2. The highest BCUT2D eigenvalue weighted by Gasteiger charge is 2.53. The SMILES string of the molecule is O=C(O)c1cccc(N2C(=O)C=CC2=O)c1N1C(=O)CCC1=O.O=C1C=CC(=O)N1CC1CCC(C(=O)O)(N2C(=O)CCC2=O)CC1.O=C1C=CC(=O)N1COCN1C(=O)C=CC1=O.O=C1C=CC(=O)N1c1ccccc1N1C(=O)C=CC1=O. The number of aromatic carboxylic acids is 1. The van der Waals surface area contributed by atoms with E-state index in [1.165, 1.54) is 42.5 Å². The summed E-state index contributed by atoms with van der Waals surface area (Å²) in [5, 5.41) is 19.0. The largest absolute Gasteiger partial charge is 0.479 e. The molecule has 8 aliphatic heterocycles. The fraction of sp³-hybridized carbons (Fsp3) is 0.236. The number of carbonyl (C=O) groups is 18. The van der Waals surface area contributed by atoms with E-state index >= 15 is 0 Å². The molecule has 84 heavy (non-hydrogen) atoms. The first kappa shape index (κ1) is 59.0. The van der Waals surface area contributed by atoms with E-state index in [0.29, 0.717) is 12.8 Å². The summed E-state index contributed by atoms with van der Waals surface area (Å²) in [6, 6.07) is 10.1. The molecular formula is C55H44N8O21. The number of hydrogen-bond donors (Lipinski definition) is 2. The third-order valence-electron chi connectivity index (χ3n) is 13.9. The predicted molar refractivity (Wildman–Crippen MR) is 279 cm³/mol. The van der Waals surface area contributed by atoms with E-state index in [4.69, 9.17) is 4.74 Å². The van der Waals surface area contributed by atoms with Crippen molar-refractivity contribution in [2.75, 3.05) is 39.6 Å². The van der Waals surface area contributed by atoms with E-state index in [2.05, 4.69) is 0 Å². The Hall–Kier alpha value is -11.1. The highest BCUT2D eigenvalue weighted by Crippen LogP contribution is 2.41. The molecule has 0 spiro atoms. The Morgan fingerprint density at radius 2 is 0.750 bits per heavy atom. The molecule has 16 amide bonds. The molecule has 0 bridgehead atoms. The Morgan fingerprint density at radius 1 is 0.417 bits per heavy atom. The molecule has 0 radical (unpaired) electrons. The maximum atomic E-state index is 12.0. The van der Waals surface area contributed by atoms with Crippen molar-refractivity contribution < 1.29 is 101 Å². The minimum absolute atomic E-state index is 0.0296. The quantitative estimate of drug-likeness (QED) is 0.246. The number of benzene rings is 2. The van der Waals surface area contributed by atoms with Gasteiger partial charge in [-0.15, -0.1) is 0 Å². The highest BCUT2D eigenvalue weighted by atomic mass is 16.5. The summed E-state index contributed by atoms with van der Waals surface area (Å²) in [6.07, 6.45) is 14.7. The molecule has 430 valence electrons. The summed E-state index contributed by atoms with van der Waals surface area (Å²) in [5.41, 5.74) is -1.76. The van der Waals surface area contributed by atoms with Crippen LogP contribution in [-0.2, 0) is 86.2 Å². The van der Waals surface area contributed by atoms with Crippen molar-refractivity contribution in [2.24, 2.45) is 5.92 Å². The lowest BCUT2D eigenvalue weighted by atomic mass is 9.75. The molecule has 0 atom stereocenters. The van der Waals surface area contributed by atoms with Crippen LogP contribution in [0, 0.1) is 5.92 Å². The number of amides is 16. The molecule has 0 unspecified atom stereocenters. The molecule has 9 aliphatic rings. The molecule has 0 aromatic heterocycles. The van der Waals surface area contributed by atoms with Crippen LogP contribution >= 0.6 is 0 Å². The summed E-state index contributed by atoms with van der Waals surface area (Å²) in [4.78, 5) is 217. The number of hydrogen-bond acceptors (Lipinski definition) is 19. The van der Waals surface area contributed by atoms with Crippen LogP contribution in [0.3, 0.4) is 0 Å². The Balaban J connectivity index is 0.000000147. The van der Waals surface area contributed by atoms with Crippen LogP contribution in [0.4, 0.5) is 22.7 Å². The summed E-state index contributed by atoms with van der Waals surface area (Å²) >= 11 is 0. The fourth-order valence-electron chi connectivity index (χ4n) is 9.83. The van der Waals surface area contributed by atoms with E-state index < -0.39 is 100 Å². The maximum Gasteiger partial charge on any atom is 0.337 e. The molecule has 3 fully saturated rings. The second-order valence-electron chi connectivity index (χ2n) is 19.0. The van der Waals surface area contributed by atoms with E-state index in [9.17, 15) is 96.5 Å². The highest BCUT2D eigenvalue weighted by molar-refractivity contribution is 6.34. The first-order chi connectivity index (χ1) is 39.9. The van der Waals surface area contributed by atoms with Crippen LogP contribution in [0.5, 0.6) is 0 Å². The lowest BCUT2D eigenvalue weighted by Gasteiger charge is -2.42. The number of aliphatic carboxylic acids is 1. The Morgan fingerprint density at radius 3 is 1.12 bits per heavy atom. The van der Waals surface area contributed by atoms with Gasteiger partial charge in [0.15, 0.2) is 0 Å². The van der Waals surface area contributed by atoms with Crippen molar-refractivity contribution in [2.45, 2.75) is 56.9 Å². The van der Waals surface area contributed by atoms with Gasteiger partial charge in [0.25, 0.3) is 70.9 Å². The summed E-state index contributed by atoms with van der Waals surface area (Å²) in [5.74, 6) is -10.6. The van der Waals surface area contributed by atoms with E-state index in [1.54, 1.807) is 12.1 Å². The number of para-hydroxylation sites is 3. The number of carbonyl (C=O) groups excluding carboxylic acids is 16. The van der Waals surface area contributed by atoms with E-state index in [0.717, 1.165) is 100.0 Å². The molecule has 2 saturated heterocycles. The first-order valence-electron chi connectivity index (χ1n) is 25.2. The van der Waals surface area contributed by atoms with Gasteiger partial charge in [-0.1, -0.05) is 18.2 Å². The minimum atomic E-state index is -1.49. The first-order valence-corrected chi connectivity index (χ1v) is 25.2. The van der Waals surface area contributed by atoms with Gasteiger partial charge in [0, 0.05) is 105 Å². The van der Waals surface area contributed by atoms with Gasteiger partial charge in [0.1, 0.15) is 19.0 Å². The Bertz CT molecular complexity index is 3320. The number of anilines is 4. The molecular weight excluding hydrogens is 1110 g/mol. The van der Waals surface area contributed by atoms with Crippen molar-refractivity contribution in [3.8, 4) is 0 Å². The average molecular weight is 1150 g/mol. The monoisotopic (exact) mass is 1150 g/mol. The number of carboxylic acids is 2. The topological polar surface area (TPSA) is 383 Å². The molecule has 2 aromatic carbocycles. The van der Waals surface area contributed by atoms with Crippen molar-refractivity contribution in [1.29, 1.82) is 0 Å². The zero-order chi connectivity index (χ0) is 60.9. The average Bonchev–Trinajstić information content (AvgIpc) is 2.94. The third-order valence-corrected chi connectivity index (χ3v) is 13.9. The van der Waals surface area contributed by atoms with Crippen molar-refractivity contribution >= 4 is 129 Å². The lowest BCUT2D eigenvalue weighted by molar-refractivity contribution is -0.166. The summed E-state index contributed by atoms with van der Waals surface area (Å²) < 4.78 is 4.97. The van der Waals surface area contributed by atoms with Gasteiger partial charge in [-0.2, -0.15) is 0 Å². The third kappa shape index (κ3) is 11.7. The van der Waals surface area contributed by atoms with Crippen LogP contribution in [0.2, 0.25) is 0 Å². The number of nitrogens with zero attached hydrogens (tertiary/aromatic N) is 8. The number of ether oxygens (including phenoxy) is 1. The second-order valence-corrected chi connectivity index (χ2v) is 19.0. The molecule has 1 aliphatic carbocycles. The second kappa shape index (κ2) is 24.3. The van der Waals surface area contributed by atoms with Crippen LogP contribution in [0.25, 0.3) is 0 Å². The molecule has 1 saturated carbocycles. The van der Waals surface area contributed by atoms with Crippen LogP contribution < -0.4 is 19.6 Å². The molecule has 2 N–H and O–H groups in total. The number of imide groups is 8.